The van der Waals surface area contributed by atoms with Crippen LogP contribution >= 0.6 is 12.4 Å². The summed E-state index contributed by atoms with van der Waals surface area (Å²) in [7, 11) is -1.97. The number of hydrogen-bond donors (Lipinski definition) is 1. The third-order valence-electron chi connectivity index (χ3n) is 5.22. The number of halogens is 1. The Labute approximate surface area is 161 Å². The summed E-state index contributed by atoms with van der Waals surface area (Å²) in [5, 5.41) is 3.36. The lowest BCUT2D eigenvalue weighted by atomic mass is 10.1. The highest BCUT2D eigenvalue weighted by atomic mass is 35.5. The first-order valence-electron chi connectivity index (χ1n) is 8.82. The monoisotopic (exact) mass is 402 g/mol. The average molecular weight is 403 g/mol. The molecule has 1 N–H and O–H groups in total. The highest BCUT2D eigenvalue weighted by Gasteiger charge is 2.40. The molecule has 3 atom stereocenters. The largest absolute Gasteiger partial charge is 0.497 e. The molecule has 0 radical (unpaired) electrons. The summed E-state index contributed by atoms with van der Waals surface area (Å²) in [6, 6.07) is 6.76. The molecule has 2 fully saturated rings. The second-order valence-corrected chi connectivity index (χ2v) is 9.02. The van der Waals surface area contributed by atoms with Crippen molar-refractivity contribution in [2.75, 3.05) is 26.0 Å². The molecule has 1 aromatic carbocycles. The van der Waals surface area contributed by atoms with Gasteiger partial charge in [-0.25, -0.2) is 8.42 Å². The minimum atomic E-state index is -3.51. The Balaban J connectivity index is 0.00000243. The van der Waals surface area contributed by atoms with E-state index in [9.17, 15) is 13.2 Å². The molecular weight excluding hydrogens is 376 g/mol. The van der Waals surface area contributed by atoms with Gasteiger partial charge >= 0.3 is 0 Å². The maximum atomic E-state index is 12.9. The number of amides is 1. The lowest BCUT2D eigenvalue weighted by Crippen LogP contribution is -2.46. The lowest BCUT2D eigenvalue weighted by Gasteiger charge is -2.30. The van der Waals surface area contributed by atoms with Crippen molar-refractivity contribution in [3.8, 4) is 5.75 Å². The van der Waals surface area contributed by atoms with Gasteiger partial charge in [0, 0.05) is 24.5 Å². The van der Waals surface area contributed by atoms with E-state index in [0.717, 1.165) is 32.4 Å². The predicted octanol–water partition coefficient (Wildman–Crippen LogP) is 1.88. The summed E-state index contributed by atoms with van der Waals surface area (Å²) in [5.41, 5.74) is 0. The average Bonchev–Trinajstić information content (AvgIpc) is 2.86. The molecule has 0 aromatic heterocycles. The number of fused-ring (bicyclic) bond motifs is 2. The number of nitrogens with one attached hydrogen (secondary N) is 1. The molecule has 2 aliphatic heterocycles. The van der Waals surface area contributed by atoms with Gasteiger partial charge in [-0.2, -0.15) is 0 Å². The Morgan fingerprint density at radius 3 is 2.54 bits per heavy atom. The van der Waals surface area contributed by atoms with Crippen LogP contribution in [0.3, 0.4) is 0 Å². The molecule has 1 amide bonds. The predicted molar refractivity (Wildman–Crippen MR) is 103 cm³/mol. The van der Waals surface area contributed by atoms with Crippen molar-refractivity contribution in [3.63, 3.8) is 0 Å². The zero-order valence-electron chi connectivity index (χ0n) is 15.2. The van der Waals surface area contributed by atoms with Gasteiger partial charge in [-0.3, -0.25) is 4.79 Å². The van der Waals surface area contributed by atoms with Gasteiger partial charge in [0.05, 0.1) is 17.8 Å². The van der Waals surface area contributed by atoms with Crippen LogP contribution in [-0.2, 0) is 14.6 Å². The van der Waals surface area contributed by atoms with E-state index in [1.807, 2.05) is 4.90 Å². The lowest BCUT2D eigenvalue weighted by molar-refractivity contribution is -0.136. The van der Waals surface area contributed by atoms with Gasteiger partial charge < -0.3 is 15.0 Å². The first-order chi connectivity index (χ1) is 11.9. The molecule has 8 heteroatoms. The Morgan fingerprint density at radius 1 is 1.23 bits per heavy atom. The third-order valence-corrected chi connectivity index (χ3v) is 7.15. The van der Waals surface area contributed by atoms with E-state index in [0.29, 0.717) is 5.75 Å². The number of rotatable bonds is 5. The maximum Gasteiger partial charge on any atom is 0.226 e. The van der Waals surface area contributed by atoms with Crippen LogP contribution in [0.15, 0.2) is 29.2 Å². The molecule has 3 rings (SSSR count). The highest BCUT2D eigenvalue weighted by molar-refractivity contribution is 7.91. The Morgan fingerprint density at radius 2 is 1.88 bits per heavy atom. The van der Waals surface area contributed by atoms with Crippen LogP contribution in [0.1, 0.15) is 26.2 Å². The number of sulfone groups is 1. The van der Waals surface area contributed by atoms with Crippen molar-refractivity contribution < 1.29 is 17.9 Å². The van der Waals surface area contributed by atoms with Crippen molar-refractivity contribution in [1.82, 2.24) is 10.2 Å². The van der Waals surface area contributed by atoms with Crippen molar-refractivity contribution in [3.05, 3.63) is 24.3 Å². The molecule has 2 bridgehead atoms. The smallest absolute Gasteiger partial charge is 0.226 e. The molecular formula is C18H27ClN2O4S. The Bertz CT molecular complexity index is 709. The number of nitrogens with zero attached hydrogens (tertiary/aromatic N) is 1. The minimum Gasteiger partial charge on any atom is -0.497 e. The van der Waals surface area contributed by atoms with E-state index < -0.39 is 15.8 Å². The first kappa shape index (κ1) is 21.0. The van der Waals surface area contributed by atoms with E-state index in [1.54, 1.807) is 19.1 Å². The molecule has 2 heterocycles. The molecule has 0 saturated carbocycles. The molecule has 6 nitrogen and oxygen atoms in total. The molecule has 146 valence electrons. The molecule has 26 heavy (non-hydrogen) atoms. The summed E-state index contributed by atoms with van der Waals surface area (Å²) in [4.78, 5) is 15.1. The standard InChI is InChI=1S/C18H26N2O4S.ClH/c1-13(12-25(22,23)17-7-5-16(24-2)6-8-17)18(21)20-14-3-4-15(20)11-19-10-9-14;/h5-8,13-15,19H,3-4,9-12H2,1-2H3;1H. The second-order valence-electron chi connectivity index (χ2n) is 6.98. The normalized spacial score (nSPS) is 23.7. The van der Waals surface area contributed by atoms with E-state index in [2.05, 4.69) is 5.32 Å². The van der Waals surface area contributed by atoms with E-state index in [-0.39, 0.29) is 41.0 Å². The number of ether oxygens (including phenoxy) is 1. The summed E-state index contributed by atoms with van der Waals surface area (Å²) < 4.78 is 30.4. The Hall–Kier alpha value is -1.31. The zero-order valence-corrected chi connectivity index (χ0v) is 16.8. The number of benzene rings is 1. The zero-order chi connectivity index (χ0) is 18.0. The van der Waals surface area contributed by atoms with E-state index in [4.69, 9.17) is 4.74 Å². The van der Waals surface area contributed by atoms with Crippen molar-refractivity contribution in [2.45, 2.75) is 43.2 Å². The third kappa shape index (κ3) is 4.32. The minimum absolute atomic E-state index is 0. The van der Waals surface area contributed by atoms with Crippen molar-refractivity contribution >= 4 is 28.2 Å². The summed E-state index contributed by atoms with van der Waals surface area (Å²) >= 11 is 0. The van der Waals surface area contributed by atoms with Gasteiger partial charge in [0.2, 0.25) is 5.91 Å². The van der Waals surface area contributed by atoms with Crippen LogP contribution in [0.2, 0.25) is 0 Å². The number of carbonyl (C=O) groups excluding carboxylic acids is 1. The Kier molecular flexibility index (Phi) is 6.93. The van der Waals surface area contributed by atoms with Gasteiger partial charge in [-0.15, -0.1) is 12.4 Å². The fourth-order valence-corrected chi connectivity index (χ4v) is 5.42. The number of carbonyl (C=O) groups is 1. The summed E-state index contributed by atoms with van der Waals surface area (Å²) in [6.07, 6.45) is 2.97. The van der Waals surface area contributed by atoms with Gasteiger partial charge in [0.25, 0.3) is 0 Å². The van der Waals surface area contributed by atoms with Crippen LogP contribution in [0.5, 0.6) is 5.75 Å². The van der Waals surface area contributed by atoms with E-state index in [1.165, 1.54) is 19.2 Å². The topological polar surface area (TPSA) is 75.7 Å². The fraction of sp³-hybridized carbons (Fsp3) is 0.611. The molecule has 1 aromatic rings. The quantitative estimate of drug-likeness (QED) is 0.813. The molecule has 0 spiro atoms. The maximum absolute atomic E-state index is 12.9. The first-order valence-corrected chi connectivity index (χ1v) is 10.5. The summed E-state index contributed by atoms with van der Waals surface area (Å²) in [6.45, 7) is 3.45. The van der Waals surface area contributed by atoms with Crippen LogP contribution in [0.25, 0.3) is 0 Å². The molecule has 0 aliphatic carbocycles. The summed E-state index contributed by atoms with van der Waals surface area (Å²) in [5.74, 6) is -0.139. The van der Waals surface area contributed by atoms with E-state index >= 15 is 0 Å². The van der Waals surface area contributed by atoms with Gasteiger partial charge in [0.15, 0.2) is 9.84 Å². The molecule has 2 aliphatic rings. The van der Waals surface area contributed by atoms with Crippen molar-refractivity contribution in [1.29, 1.82) is 0 Å². The highest BCUT2D eigenvalue weighted by Crippen LogP contribution is 2.30. The van der Waals surface area contributed by atoms with Crippen LogP contribution in [0.4, 0.5) is 0 Å². The second kappa shape index (κ2) is 8.59. The number of methoxy groups -OCH3 is 1. The van der Waals surface area contributed by atoms with Gasteiger partial charge in [-0.05, 0) is 50.1 Å². The SMILES string of the molecule is COc1ccc(S(=O)(=O)CC(C)C(=O)N2C3CCNCC2CC3)cc1.Cl. The molecule has 2 saturated heterocycles. The number of hydrogen-bond acceptors (Lipinski definition) is 5. The fourth-order valence-electron chi connectivity index (χ4n) is 3.88. The van der Waals surface area contributed by atoms with Crippen molar-refractivity contribution in [2.24, 2.45) is 5.92 Å². The van der Waals surface area contributed by atoms with Gasteiger partial charge in [0.1, 0.15) is 5.75 Å². The van der Waals surface area contributed by atoms with Crippen LogP contribution in [0, 0.1) is 5.92 Å². The van der Waals surface area contributed by atoms with Crippen LogP contribution in [-0.4, -0.2) is 57.3 Å². The van der Waals surface area contributed by atoms with Gasteiger partial charge in [-0.1, -0.05) is 6.92 Å². The molecule has 3 unspecified atom stereocenters. The van der Waals surface area contributed by atoms with Crippen LogP contribution < -0.4 is 10.1 Å².